The first kappa shape index (κ1) is 18.8. The number of anilines is 2. The lowest BCUT2D eigenvalue weighted by Gasteiger charge is -2.16. The highest BCUT2D eigenvalue weighted by Crippen LogP contribution is 2.28. The van der Waals surface area contributed by atoms with E-state index in [1.165, 1.54) is 23.5 Å². The zero-order valence-electron chi connectivity index (χ0n) is 15.2. The standard InChI is InChI=1S/C20H16N4O4S/c25-18-8-3-9-23(18)15-6-2-5-14(11-15)19(26)22-20-21-17(12-29-20)13-4-1-7-16(10-13)24(27)28/h1-2,4-7,10-12H,3,8-9H2,(H,21,22,26). The first-order valence-electron chi connectivity index (χ1n) is 8.93. The molecule has 1 aromatic heterocycles. The number of aromatic nitrogens is 1. The number of nitro groups is 1. The summed E-state index contributed by atoms with van der Waals surface area (Å²) in [7, 11) is 0. The zero-order valence-corrected chi connectivity index (χ0v) is 16.0. The molecule has 2 amide bonds. The summed E-state index contributed by atoms with van der Waals surface area (Å²) in [4.78, 5) is 41.1. The number of nitrogens with one attached hydrogen (secondary N) is 1. The molecule has 4 rings (SSSR count). The third-order valence-electron chi connectivity index (χ3n) is 4.57. The quantitative estimate of drug-likeness (QED) is 0.505. The molecule has 0 aliphatic carbocycles. The summed E-state index contributed by atoms with van der Waals surface area (Å²) in [6.07, 6.45) is 1.34. The molecule has 0 atom stereocenters. The van der Waals surface area contributed by atoms with Crippen LogP contribution in [0.5, 0.6) is 0 Å². The largest absolute Gasteiger partial charge is 0.312 e. The Morgan fingerprint density at radius 1 is 1.21 bits per heavy atom. The highest BCUT2D eigenvalue weighted by Gasteiger charge is 2.22. The molecular formula is C20H16N4O4S. The van der Waals surface area contributed by atoms with Gasteiger partial charge in [-0.25, -0.2) is 4.98 Å². The van der Waals surface area contributed by atoms with Crippen molar-refractivity contribution in [1.82, 2.24) is 4.98 Å². The molecule has 0 bridgehead atoms. The van der Waals surface area contributed by atoms with E-state index in [1.807, 2.05) is 6.07 Å². The van der Waals surface area contributed by atoms with Crippen molar-refractivity contribution in [3.05, 3.63) is 69.6 Å². The Morgan fingerprint density at radius 2 is 2.03 bits per heavy atom. The number of nitrogens with zero attached hydrogens (tertiary/aromatic N) is 3. The summed E-state index contributed by atoms with van der Waals surface area (Å²) in [5.74, 6) is -0.275. The topological polar surface area (TPSA) is 105 Å². The van der Waals surface area contributed by atoms with Crippen LogP contribution in [0.4, 0.5) is 16.5 Å². The van der Waals surface area contributed by atoms with Crippen molar-refractivity contribution in [3.8, 4) is 11.3 Å². The second-order valence-corrected chi connectivity index (χ2v) is 7.36. The number of benzene rings is 2. The second-order valence-electron chi connectivity index (χ2n) is 6.50. The van der Waals surface area contributed by atoms with E-state index in [-0.39, 0.29) is 17.5 Å². The van der Waals surface area contributed by atoms with Gasteiger partial charge in [0.2, 0.25) is 5.91 Å². The number of rotatable bonds is 5. The second kappa shape index (κ2) is 7.80. The normalized spacial score (nSPS) is 13.5. The van der Waals surface area contributed by atoms with Gasteiger partial charge in [0.15, 0.2) is 5.13 Å². The number of nitro benzene ring substituents is 1. The Labute approximate surface area is 170 Å². The van der Waals surface area contributed by atoms with Crippen molar-refractivity contribution in [2.45, 2.75) is 12.8 Å². The Bertz CT molecular complexity index is 1110. The molecule has 1 N–H and O–H groups in total. The maximum absolute atomic E-state index is 12.6. The molecule has 1 aliphatic heterocycles. The molecule has 9 heteroatoms. The van der Waals surface area contributed by atoms with E-state index >= 15 is 0 Å². The van der Waals surface area contributed by atoms with Gasteiger partial charge in [0.1, 0.15) is 0 Å². The smallest absolute Gasteiger partial charge is 0.270 e. The van der Waals surface area contributed by atoms with Crippen molar-refractivity contribution >= 4 is 39.7 Å². The number of thiazole rings is 1. The van der Waals surface area contributed by atoms with Crippen LogP contribution in [0, 0.1) is 10.1 Å². The molecule has 1 fully saturated rings. The summed E-state index contributed by atoms with van der Waals surface area (Å²) in [5, 5.41) is 15.8. The predicted molar refractivity (Wildman–Crippen MR) is 110 cm³/mol. The van der Waals surface area contributed by atoms with Crippen LogP contribution in [-0.4, -0.2) is 28.3 Å². The van der Waals surface area contributed by atoms with Gasteiger partial charge >= 0.3 is 0 Å². The summed E-state index contributed by atoms with van der Waals surface area (Å²) >= 11 is 1.23. The van der Waals surface area contributed by atoms with E-state index in [2.05, 4.69) is 10.3 Å². The minimum atomic E-state index is -0.462. The molecule has 29 heavy (non-hydrogen) atoms. The van der Waals surface area contributed by atoms with Gasteiger partial charge in [0.25, 0.3) is 11.6 Å². The molecule has 0 unspecified atom stereocenters. The lowest BCUT2D eigenvalue weighted by molar-refractivity contribution is -0.384. The van der Waals surface area contributed by atoms with Crippen LogP contribution in [0.2, 0.25) is 0 Å². The van der Waals surface area contributed by atoms with Gasteiger partial charge < -0.3 is 4.90 Å². The lowest BCUT2D eigenvalue weighted by Crippen LogP contribution is -2.24. The van der Waals surface area contributed by atoms with Gasteiger partial charge in [0.05, 0.1) is 10.6 Å². The van der Waals surface area contributed by atoms with E-state index in [9.17, 15) is 19.7 Å². The molecule has 0 saturated carbocycles. The maximum atomic E-state index is 12.6. The highest BCUT2D eigenvalue weighted by molar-refractivity contribution is 7.14. The van der Waals surface area contributed by atoms with Gasteiger partial charge in [-0.2, -0.15) is 0 Å². The van der Waals surface area contributed by atoms with E-state index in [4.69, 9.17) is 0 Å². The van der Waals surface area contributed by atoms with E-state index in [1.54, 1.807) is 40.6 Å². The molecule has 146 valence electrons. The van der Waals surface area contributed by atoms with E-state index in [0.29, 0.717) is 40.6 Å². The summed E-state index contributed by atoms with van der Waals surface area (Å²) in [5.41, 5.74) is 2.26. The number of hydrogen-bond donors (Lipinski definition) is 1. The molecule has 0 radical (unpaired) electrons. The SMILES string of the molecule is O=C(Nc1nc(-c2cccc([N+](=O)[O-])c2)cs1)c1cccc(N2CCCC2=O)c1. The summed E-state index contributed by atoms with van der Waals surface area (Å²) in [6, 6.07) is 13.1. The molecule has 1 aliphatic rings. The van der Waals surface area contributed by atoms with Crippen LogP contribution >= 0.6 is 11.3 Å². The monoisotopic (exact) mass is 408 g/mol. The molecule has 2 aromatic carbocycles. The van der Waals surface area contributed by atoms with Crippen LogP contribution < -0.4 is 10.2 Å². The fourth-order valence-electron chi connectivity index (χ4n) is 3.15. The number of non-ortho nitro benzene ring substituents is 1. The average molecular weight is 408 g/mol. The molecular weight excluding hydrogens is 392 g/mol. The zero-order chi connectivity index (χ0) is 20.4. The summed E-state index contributed by atoms with van der Waals surface area (Å²) < 4.78 is 0. The Morgan fingerprint density at radius 3 is 2.79 bits per heavy atom. The number of amides is 2. The molecule has 1 saturated heterocycles. The van der Waals surface area contributed by atoms with Crippen LogP contribution in [0.25, 0.3) is 11.3 Å². The van der Waals surface area contributed by atoms with Crippen LogP contribution in [0.15, 0.2) is 53.9 Å². The van der Waals surface area contributed by atoms with E-state index in [0.717, 1.165) is 6.42 Å². The van der Waals surface area contributed by atoms with Crippen LogP contribution in [0.3, 0.4) is 0 Å². The highest BCUT2D eigenvalue weighted by atomic mass is 32.1. The Balaban J connectivity index is 1.51. The van der Waals surface area contributed by atoms with Gasteiger partial charge in [-0.3, -0.25) is 25.0 Å². The lowest BCUT2D eigenvalue weighted by atomic mass is 10.1. The van der Waals surface area contributed by atoms with Gasteiger partial charge in [-0.05, 0) is 24.6 Å². The number of carbonyl (C=O) groups is 2. The van der Waals surface area contributed by atoms with Gasteiger partial charge in [-0.15, -0.1) is 11.3 Å². The molecule has 2 heterocycles. The van der Waals surface area contributed by atoms with E-state index < -0.39 is 4.92 Å². The predicted octanol–water partition coefficient (Wildman–Crippen LogP) is 4.10. The fraction of sp³-hybridized carbons (Fsp3) is 0.150. The molecule has 3 aromatic rings. The van der Waals surface area contributed by atoms with Crippen LogP contribution in [-0.2, 0) is 4.79 Å². The van der Waals surface area contributed by atoms with Gasteiger partial charge in [-0.1, -0.05) is 18.2 Å². The Hall–Kier alpha value is -3.59. The summed E-state index contributed by atoms with van der Waals surface area (Å²) in [6.45, 7) is 0.656. The average Bonchev–Trinajstić information content (AvgIpc) is 3.37. The minimum absolute atomic E-state index is 0.0191. The minimum Gasteiger partial charge on any atom is -0.312 e. The number of carbonyl (C=O) groups excluding carboxylic acids is 2. The molecule has 8 nitrogen and oxygen atoms in total. The van der Waals surface area contributed by atoms with Crippen molar-refractivity contribution in [2.75, 3.05) is 16.8 Å². The third-order valence-corrected chi connectivity index (χ3v) is 5.33. The Kier molecular flexibility index (Phi) is 5.05. The number of hydrogen-bond acceptors (Lipinski definition) is 6. The fourth-order valence-corrected chi connectivity index (χ4v) is 3.86. The molecule has 0 spiro atoms. The first-order valence-corrected chi connectivity index (χ1v) is 9.81. The van der Waals surface area contributed by atoms with Crippen molar-refractivity contribution in [1.29, 1.82) is 0 Å². The van der Waals surface area contributed by atoms with Gasteiger partial charge in [0, 0.05) is 47.3 Å². The third kappa shape index (κ3) is 3.99. The van der Waals surface area contributed by atoms with Crippen molar-refractivity contribution in [2.24, 2.45) is 0 Å². The van der Waals surface area contributed by atoms with Crippen molar-refractivity contribution < 1.29 is 14.5 Å². The van der Waals surface area contributed by atoms with Crippen molar-refractivity contribution in [3.63, 3.8) is 0 Å². The van der Waals surface area contributed by atoms with Crippen LogP contribution in [0.1, 0.15) is 23.2 Å². The maximum Gasteiger partial charge on any atom is 0.270 e. The first-order chi connectivity index (χ1) is 14.0.